The fourth-order valence-corrected chi connectivity index (χ4v) is 15.0. The van der Waals surface area contributed by atoms with Crippen LogP contribution < -0.4 is 0 Å². The zero-order chi connectivity index (χ0) is 35.1. The molecule has 50 heavy (non-hydrogen) atoms. The molecule has 0 amide bonds. The number of unbranched alkanes of at least 4 members (excludes halogenated alkanes) is 12. The summed E-state index contributed by atoms with van der Waals surface area (Å²) < 4.78 is 2.59. The number of halogens is 2. The average Bonchev–Trinajstić information content (AvgIpc) is 3.94. The van der Waals surface area contributed by atoms with E-state index in [-0.39, 0.29) is 10.8 Å². The summed E-state index contributed by atoms with van der Waals surface area (Å²) in [5, 5.41) is 0. The molecule has 0 saturated heterocycles. The molecule has 6 heteroatoms. The van der Waals surface area contributed by atoms with Gasteiger partial charge in [0.1, 0.15) is 0 Å². The third-order valence-electron chi connectivity index (χ3n) is 11.6. The molecule has 0 radical (unpaired) electrons. The molecule has 4 heterocycles. The Morgan fingerprint density at radius 2 is 0.720 bits per heavy atom. The number of thiophene rings is 4. The molecule has 0 saturated carbocycles. The van der Waals surface area contributed by atoms with Crippen molar-refractivity contribution in [3.8, 4) is 19.5 Å². The van der Waals surface area contributed by atoms with Crippen molar-refractivity contribution in [3.63, 3.8) is 0 Å². The number of fused-ring (bicyclic) bond motifs is 6. The lowest BCUT2D eigenvalue weighted by Gasteiger charge is -2.31. The quantitative estimate of drug-likeness (QED) is 0.0690. The molecule has 0 fully saturated rings. The highest BCUT2D eigenvalue weighted by Crippen LogP contribution is 2.62. The third-order valence-corrected chi connectivity index (χ3v) is 17.4. The fraction of sp³-hybridized carbons (Fsp3) is 0.591. The van der Waals surface area contributed by atoms with Crippen molar-refractivity contribution in [2.45, 2.75) is 167 Å². The van der Waals surface area contributed by atoms with Gasteiger partial charge in [0.2, 0.25) is 0 Å². The Kier molecular flexibility index (Phi) is 14.3. The van der Waals surface area contributed by atoms with E-state index in [4.69, 9.17) is 0 Å². The van der Waals surface area contributed by atoms with Crippen LogP contribution >= 0.6 is 77.2 Å². The molecular formula is C44H58Br2S4. The molecule has 2 aliphatic carbocycles. The summed E-state index contributed by atoms with van der Waals surface area (Å²) in [4.78, 5) is 9.06. The predicted octanol–water partition coefficient (Wildman–Crippen LogP) is 18.0. The topological polar surface area (TPSA) is 0 Å². The summed E-state index contributed by atoms with van der Waals surface area (Å²) in [6, 6.07) is 10.2. The summed E-state index contributed by atoms with van der Waals surface area (Å²) in [5.41, 5.74) is 6.90. The minimum absolute atomic E-state index is 0.180. The second-order valence-electron chi connectivity index (χ2n) is 15.1. The van der Waals surface area contributed by atoms with Crippen LogP contribution in [0.2, 0.25) is 0 Å². The van der Waals surface area contributed by atoms with E-state index in [1.54, 1.807) is 41.8 Å². The van der Waals surface area contributed by atoms with Crippen LogP contribution in [0.3, 0.4) is 0 Å². The van der Waals surface area contributed by atoms with Crippen LogP contribution in [-0.2, 0) is 10.8 Å². The van der Waals surface area contributed by atoms with Crippen molar-refractivity contribution in [2.24, 2.45) is 0 Å². The molecule has 0 unspecified atom stereocenters. The summed E-state index contributed by atoms with van der Waals surface area (Å²) in [7, 11) is 0. The van der Waals surface area contributed by atoms with Gasteiger partial charge >= 0.3 is 0 Å². The van der Waals surface area contributed by atoms with Crippen LogP contribution in [0.1, 0.15) is 188 Å². The molecule has 6 rings (SSSR count). The largest absolute Gasteiger partial charge is 0.135 e. The molecule has 0 N–H and O–H groups in total. The van der Waals surface area contributed by atoms with Gasteiger partial charge in [-0.3, -0.25) is 0 Å². The lowest BCUT2D eigenvalue weighted by atomic mass is 9.71. The van der Waals surface area contributed by atoms with Crippen LogP contribution in [0, 0.1) is 0 Å². The van der Waals surface area contributed by atoms with E-state index in [9.17, 15) is 0 Å². The Hall–Kier alpha value is -0.500. The molecular weight excluding hydrogens is 817 g/mol. The lowest BCUT2D eigenvalue weighted by Crippen LogP contribution is -2.25. The standard InChI is InChI=1S/C44H58Br2S4/c1-5-9-13-17-23-43(24-18-14-10-6-2)33-27-31(47-39(33)41-35(43)29-37(45)49-41)21-22-32-28-34-40(48-32)42-36(30-38(46)50-42)44(34,25-19-15-11-7-3)26-20-16-12-8-4/h21-22,27-30H,5-20,23-26H2,1-4H3/b22-21+. The van der Waals surface area contributed by atoms with Gasteiger partial charge < -0.3 is 0 Å². The van der Waals surface area contributed by atoms with Gasteiger partial charge in [-0.15, -0.1) is 45.3 Å². The first-order valence-electron chi connectivity index (χ1n) is 20.0. The van der Waals surface area contributed by atoms with Crippen molar-refractivity contribution < 1.29 is 0 Å². The van der Waals surface area contributed by atoms with Crippen LogP contribution in [0.5, 0.6) is 0 Å². The maximum absolute atomic E-state index is 3.91. The molecule has 2 aliphatic rings. The molecule has 0 aromatic carbocycles. The highest BCUT2D eigenvalue weighted by Gasteiger charge is 2.46. The van der Waals surface area contributed by atoms with Gasteiger partial charge in [0.15, 0.2) is 0 Å². The zero-order valence-electron chi connectivity index (χ0n) is 31.0. The van der Waals surface area contributed by atoms with E-state index in [2.05, 4.69) is 96.0 Å². The Morgan fingerprint density at radius 3 is 1.04 bits per heavy atom. The van der Waals surface area contributed by atoms with Crippen LogP contribution in [-0.4, -0.2) is 0 Å². The molecule has 4 aromatic heterocycles. The van der Waals surface area contributed by atoms with Crippen molar-refractivity contribution in [1.82, 2.24) is 0 Å². The summed E-state index contributed by atoms with van der Waals surface area (Å²) in [5.74, 6) is 0. The van der Waals surface area contributed by atoms with Crippen molar-refractivity contribution >= 4 is 89.4 Å². The third kappa shape index (κ3) is 8.12. The van der Waals surface area contributed by atoms with Gasteiger partial charge in [-0.2, -0.15) is 0 Å². The zero-order valence-corrected chi connectivity index (χ0v) is 37.4. The van der Waals surface area contributed by atoms with Gasteiger partial charge in [0, 0.05) is 40.1 Å². The normalized spacial score (nSPS) is 15.2. The monoisotopic (exact) mass is 872 g/mol. The van der Waals surface area contributed by atoms with Gasteiger partial charge in [-0.05, 0) is 116 Å². The first-order chi connectivity index (χ1) is 24.4. The second kappa shape index (κ2) is 18.2. The predicted molar refractivity (Wildman–Crippen MR) is 236 cm³/mol. The highest BCUT2D eigenvalue weighted by atomic mass is 79.9. The van der Waals surface area contributed by atoms with Crippen molar-refractivity contribution in [2.75, 3.05) is 0 Å². The molecule has 0 bridgehead atoms. The van der Waals surface area contributed by atoms with Crippen LogP contribution in [0.15, 0.2) is 31.8 Å². The van der Waals surface area contributed by atoms with Crippen molar-refractivity contribution in [3.05, 3.63) is 63.8 Å². The smallest absolute Gasteiger partial charge is 0.0708 e. The summed E-state index contributed by atoms with van der Waals surface area (Å²) in [6.45, 7) is 9.34. The van der Waals surface area contributed by atoms with Crippen molar-refractivity contribution in [1.29, 1.82) is 0 Å². The van der Waals surface area contributed by atoms with E-state index >= 15 is 0 Å². The Balaban J connectivity index is 1.32. The number of hydrogen-bond donors (Lipinski definition) is 0. The maximum Gasteiger partial charge on any atom is 0.0708 e. The molecule has 272 valence electrons. The van der Waals surface area contributed by atoms with E-state index < -0.39 is 0 Å². The lowest BCUT2D eigenvalue weighted by molar-refractivity contribution is 0.402. The molecule has 0 atom stereocenters. The van der Waals surface area contributed by atoms with Gasteiger partial charge in [-0.1, -0.05) is 130 Å². The number of rotatable bonds is 22. The summed E-state index contributed by atoms with van der Waals surface area (Å²) in [6.07, 6.45) is 31.4. The molecule has 4 aromatic rings. The van der Waals surface area contributed by atoms with Crippen LogP contribution in [0.25, 0.3) is 31.7 Å². The van der Waals surface area contributed by atoms with Gasteiger partial charge in [0.05, 0.1) is 7.57 Å². The van der Waals surface area contributed by atoms with E-state index in [0.29, 0.717) is 0 Å². The second-order valence-corrected chi connectivity index (χ2v) is 22.1. The number of hydrogen-bond acceptors (Lipinski definition) is 4. The highest BCUT2D eigenvalue weighted by molar-refractivity contribution is 9.11. The Morgan fingerprint density at radius 1 is 0.420 bits per heavy atom. The first kappa shape index (κ1) is 39.2. The van der Waals surface area contributed by atoms with E-state index in [1.165, 1.54) is 146 Å². The Bertz CT molecular complexity index is 1560. The first-order valence-corrected chi connectivity index (χ1v) is 24.8. The average molecular weight is 875 g/mol. The van der Waals surface area contributed by atoms with Gasteiger partial charge in [0.25, 0.3) is 0 Å². The maximum atomic E-state index is 3.91. The SMILES string of the molecule is CCCCCCC1(CCCCCC)c2cc(Br)sc2-c2sc(/C=C/c3cc4c(s3)-c3sc(Br)cc3C4(CCCCCC)CCCCCC)cc21. The van der Waals surface area contributed by atoms with Gasteiger partial charge in [-0.25, -0.2) is 0 Å². The Labute approximate surface area is 336 Å². The minimum Gasteiger partial charge on any atom is -0.135 e. The molecule has 0 spiro atoms. The molecule has 0 nitrogen and oxygen atoms in total. The van der Waals surface area contributed by atoms with Crippen LogP contribution in [0.4, 0.5) is 0 Å². The van der Waals surface area contributed by atoms with E-state index in [0.717, 1.165) is 0 Å². The molecule has 0 aliphatic heterocycles. The fourth-order valence-electron chi connectivity index (χ4n) is 9.00. The minimum atomic E-state index is 0.180. The van der Waals surface area contributed by atoms with E-state index in [1.807, 2.05) is 45.3 Å². The summed E-state index contributed by atoms with van der Waals surface area (Å²) >= 11 is 15.9.